The Labute approximate surface area is 164 Å². The van der Waals surface area contributed by atoms with Crippen molar-refractivity contribution in [2.45, 2.75) is 37.6 Å². The zero-order valence-electron chi connectivity index (χ0n) is 15.1. The van der Waals surface area contributed by atoms with E-state index in [1.165, 1.54) is 0 Å². The van der Waals surface area contributed by atoms with Gasteiger partial charge in [-0.2, -0.15) is 0 Å². The number of rotatable bonds is 7. The minimum atomic E-state index is -0.480. The summed E-state index contributed by atoms with van der Waals surface area (Å²) >= 11 is 6.39. The van der Waals surface area contributed by atoms with E-state index in [0.29, 0.717) is 30.0 Å². The first kappa shape index (κ1) is 20.1. The third kappa shape index (κ3) is 5.43. The van der Waals surface area contributed by atoms with Crippen LogP contribution in [0.5, 0.6) is 5.75 Å². The highest BCUT2D eigenvalue weighted by Gasteiger charge is 2.29. The smallest absolute Gasteiger partial charge is 0.119 e. The summed E-state index contributed by atoms with van der Waals surface area (Å²) in [6, 6.07) is 13.5. The van der Waals surface area contributed by atoms with Crippen LogP contribution in [0.2, 0.25) is 5.02 Å². The molecule has 27 heavy (non-hydrogen) atoms. The average molecular weight is 393 g/mol. The Kier molecular flexibility index (Phi) is 7.10. The minimum Gasteiger partial charge on any atom is -0.491 e. The van der Waals surface area contributed by atoms with Crippen LogP contribution in [0.3, 0.4) is 0 Å². The van der Waals surface area contributed by atoms with Crippen LogP contribution in [0.15, 0.2) is 42.5 Å². The molecule has 0 aliphatic carbocycles. The third-order valence-corrected chi connectivity index (χ3v) is 5.07. The highest BCUT2D eigenvalue weighted by Crippen LogP contribution is 2.33. The van der Waals surface area contributed by atoms with E-state index in [-0.39, 0.29) is 32.0 Å². The molecular weight excluding hydrogens is 368 g/mol. The summed E-state index contributed by atoms with van der Waals surface area (Å²) in [5, 5.41) is 28.9. The number of halogens is 1. The van der Waals surface area contributed by atoms with Gasteiger partial charge in [-0.3, -0.25) is 0 Å². The van der Waals surface area contributed by atoms with Crippen molar-refractivity contribution in [3.8, 4) is 5.75 Å². The van der Waals surface area contributed by atoms with Gasteiger partial charge in [-0.05, 0) is 41.3 Å². The number of aliphatic hydroxyl groups is 3. The maximum absolute atomic E-state index is 10.0. The predicted octanol–water partition coefficient (Wildman–Crippen LogP) is 2.88. The molecule has 3 atom stereocenters. The molecule has 146 valence electrons. The molecule has 1 aliphatic rings. The molecule has 0 amide bonds. The summed E-state index contributed by atoms with van der Waals surface area (Å²) < 4.78 is 11.3. The lowest BCUT2D eigenvalue weighted by molar-refractivity contribution is -0.113. The zero-order chi connectivity index (χ0) is 19.2. The zero-order valence-corrected chi connectivity index (χ0v) is 15.8. The van der Waals surface area contributed by atoms with Gasteiger partial charge in [0.25, 0.3) is 0 Å². The van der Waals surface area contributed by atoms with Crippen molar-refractivity contribution in [2.24, 2.45) is 0 Å². The lowest BCUT2D eigenvalue weighted by Gasteiger charge is -2.32. The van der Waals surface area contributed by atoms with Gasteiger partial charge in [0.05, 0.1) is 31.5 Å². The van der Waals surface area contributed by atoms with Crippen molar-refractivity contribution in [3.05, 3.63) is 64.2 Å². The second kappa shape index (κ2) is 9.53. The van der Waals surface area contributed by atoms with Gasteiger partial charge in [-0.25, -0.2) is 0 Å². The largest absolute Gasteiger partial charge is 0.491 e. The van der Waals surface area contributed by atoms with Crippen molar-refractivity contribution in [1.29, 1.82) is 0 Å². The van der Waals surface area contributed by atoms with Crippen LogP contribution >= 0.6 is 11.6 Å². The van der Waals surface area contributed by atoms with Crippen LogP contribution < -0.4 is 4.74 Å². The van der Waals surface area contributed by atoms with E-state index in [0.717, 1.165) is 16.7 Å². The Balaban J connectivity index is 1.73. The van der Waals surface area contributed by atoms with Gasteiger partial charge < -0.3 is 24.8 Å². The molecule has 3 rings (SSSR count). The van der Waals surface area contributed by atoms with Crippen molar-refractivity contribution in [2.75, 3.05) is 19.8 Å². The van der Waals surface area contributed by atoms with Gasteiger partial charge in [0.15, 0.2) is 0 Å². The van der Waals surface area contributed by atoms with E-state index in [4.69, 9.17) is 26.2 Å². The Hall–Kier alpha value is -1.63. The molecule has 3 N–H and O–H groups in total. The maximum Gasteiger partial charge on any atom is 0.119 e. The first-order valence-electron chi connectivity index (χ1n) is 9.14. The fourth-order valence-electron chi connectivity index (χ4n) is 3.34. The monoisotopic (exact) mass is 392 g/mol. The van der Waals surface area contributed by atoms with Gasteiger partial charge in [0.2, 0.25) is 0 Å². The van der Waals surface area contributed by atoms with Gasteiger partial charge in [-0.1, -0.05) is 35.9 Å². The standard InChI is InChI=1S/C21H25ClO5/c22-20-6-3-15(21-12-17(25)11-19(13-24)27-21)10-16(20)9-14-1-4-18(5-2-14)26-8-7-23/h1-6,10,17,19,21,23-25H,7-9,11-13H2. The fourth-order valence-corrected chi connectivity index (χ4v) is 3.52. The summed E-state index contributed by atoms with van der Waals surface area (Å²) in [4.78, 5) is 0. The SMILES string of the molecule is OCCOc1ccc(Cc2cc(C3CC(O)CC(CO)O3)ccc2Cl)cc1. The fraction of sp³-hybridized carbons (Fsp3) is 0.429. The molecule has 2 aromatic rings. The van der Waals surface area contributed by atoms with Crippen LogP contribution in [0, 0.1) is 0 Å². The van der Waals surface area contributed by atoms with Crippen molar-refractivity contribution in [1.82, 2.24) is 0 Å². The number of ether oxygens (including phenoxy) is 2. The van der Waals surface area contributed by atoms with Crippen LogP contribution in [-0.2, 0) is 11.2 Å². The number of hydrogen-bond acceptors (Lipinski definition) is 5. The summed E-state index contributed by atoms with van der Waals surface area (Å²) in [6.07, 6.45) is 0.546. The Morgan fingerprint density at radius 3 is 2.56 bits per heavy atom. The van der Waals surface area contributed by atoms with Gasteiger partial charge in [0, 0.05) is 17.9 Å². The number of hydrogen-bond donors (Lipinski definition) is 3. The molecule has 1 aliphatic heterocycles. The van der Waals surface area contributed by atoms with Gasteiger partial charge in [-0.15, -0.1) is 0 Å². The summed E-state index contributed by atoms with van der Waals surface area (Å²) in [6.45, 7) is 0.160. The molecule has 5 nitrogen and oxygen atoms in total. The molecule has 1 saturated heterocycles. The van der Waals surface area contributed by atoms with Crippen LogP contribution in [0.25, 0.3) is 0 Å². The highest BCUT2D eigenvalue weighted by atomic mass is 35.5. The first-order valence-corrected chi connectivity index (χ1v) is 9.52. The molecule has 2 aromatic carbocycles. The Morgan fingerprint density at radius 1 is 1.07 bits per heavy atom. The van der Waals surface area contributed by atoms with Crippen molar-refractivity contribution in [3.63, 3.8) is 0 Å². The Morgan fingerprint density at radius 2 is 1.85 bits per heavy atom. The lowest BCUT2D eigenvalue weighted by Crippen LogP contribution is -2.33. The van der Waals surface area contributed by atoms with Crippen LogP contribution in [0.1, 0.15) is 35.6 Å². The van der Waals surface area contributed by atoms with Crippen LogP contribution in [-0.4, -0.2) is 47.3 Å². The number of aliphatic hydroxyl groups excluding tert-OH is 3. The van der Waals surface area contributed by atoms with E-state index in [1.54, 1.807) is 0 Å². The quantitative estimate of drug-likeness (QED) is 0.675. The molecule has 0 spiro atoms. The topological polar surface area (TPSA) is 79.2 Å². The van der Waals surface area contributed by atoms with Gasteiger partial charge >= 0.3 is 0 Å². The van der Waals surface area contributed by atoms with Crippen molar-refractivity contribution >= 4 is 11.6 Å². The number of benzene rings is 2. The Bertz CT molecular complexity index is 734. The van der Waals surface area contributed by atoms with Crippen molar-refractivity contribution < 1.29 is 24.8 Å². The molecule has 6 heteroatoms. The average Bonchev–Trinajstić information content (AvgIpc) is 2.68. The maximum atomic E-state index is 10.0. The van der Waals surface area contributed by atoms with E-state index in [1.807, 2.05) is 42.5 Å². The second-order valence-corrected chi connectivity index (χ2v) is 7.21. The molecule has 0 bridgehead atoms. The van der Waals surface area contributed by atoms with E-state index in [2.05, 4.69) is 0 Å². The minimum absolute atomic E-state index is 0.0147. The normalized spacial score (nSPS) is 22.6. The molecule has 1 fully saturated rings. The summed E-state index contributed by atoms with van der Waals surface area (Å²) in [5.74, 6) is 0.715. The summed E-state index contributed by atoms with van der Waals surface area (Å²) in [5.41, 5.74) is 3.01. The molecule has 1 heterocycles. The molecule has 0 aromatic heterocycles. The highest BCUT2D eigenvalue weighted by molar-refractivity contribution is 6.31. The molecule has 0 saturated carbocycles. The molecular formula is C21H25ClO5. The third-order valence-electron chi connectivity index (χ3n) is 4.70. The van der Waals surface area contributed by atoms with E-state index >= 15 is 0 Å². The summed E-state index contributed by atoms with van der Waals surface area (Å²) in [7, 11) is 0. The predicted molar refractivity (Wildman–Crippen MR) is 103 cm³/mol. The molecule has 0 radical (unpaired) electrons. The lowest BCUT2D eigenvalue weighted by atomic mass is 9.94. The van der Waals surface area contributed by atoms with Crippen LogP contribution in [0.4, 0.5) is 0 Å². The molecule has 3 unspecified atom stereocenters. The first-order chi connectivity index (χ1) is 13.1. The second-order valence-electron chi connectivity index (χ2n) is 6.80. The van der Waals surface area contributed by atoms with E-state index < -0.39 is 6.10 Å². The van der Waals surface area contributed by atoms with Gasteiger partial charge in [0.1, 0.15) is 12.4 Å². The van der Waals surface area contributed by atoms with E-state index in [9.17, 15) is 10.2 Å².